The first-order valence-electron chi connectivity index (χ1n) is 9.54. The first-order chi connectivity index (χ1) is 15.3. The number of hydrogen-bond acceptors (Lipinski definition) is 6. The zero-order valence-electron chi connectivity index (χ0n) is 18.0. The number of benzene rings is 2. The lowest BCUT2D eigenvalue weighted by atomic mass is 10.2. The Morgan fingerprint density at radius 3 is 2.47 bits per heavy atom. The fourth-order valence-electron chi connectivity index (χ4n) is 2.93. The molecule has 0 atom stereocenters. The average Bonchev–Trinajstić information content (AvgIpc) is 3.26. The molecule has 0 saturated heterocycles. The molecule has 166 valence electrons. The van der Waals surface area contributed by atoms with Crippen molar-refractivity contribution >= 4 is 45.7 Å². The third kappa shape index (κ3) is 4.94. The highest BCUT2D eigenvalue weighted by Gasteiger charge is 2.20. The molecule has 2 amide bonds. The summed E-state index contributed by atoms with van der Waals surface area (Å²) in [6.07, 6.45) is 2.91. The molecule has 1 heterocycles. The van der Waals surface area contributed by atoms with Gasteiger partial charge in [0.1, 0.15) is 5.82 Å². The van der Waals surface area contributed by atoms with Gasteiger partial charge in [-0.3, -0.25) is 14.5 Å². The number of para-hydroxylation sites is 1. The first-order valence-corrected chi connectivity index (χ1v) is 10.4. The van der Waals surface area contributed by atoms with Crippen LogP contribution in [0.25, 0.3) is 6.08 Å². The molecule has 0 radical (unpaired) electrons. The smallest absolute Gasteiger partial charge is 0.250 e. The van der Waals surface area contributed by atoms with E-state index >= 15 is 0 Å². The largest absolute Gasteiger partial charge is 0.493 e. The van der Waals surface area contributed by atoms with E-state index in [1.807, 2.05) is 0 Å². The molecule has 0 aliphatic rings. The number of likely N-dealkylation sites (N-methyl/N-ethyl adjacent to an activating group) is 1. The standard InChI is InChI=1S/C23H22FN3O4S/c1-15(28)27(19-8-6-5-7-18(19)24)23-25-16(14-32-23)9-12-22(29)26(2)17-10-11-20(30-3)21(13-17)31-4/h5-14H,1-4H3/b12-9+. The molecule has 0 fully saturated rings. The van der Waals surface area contributed by atoms with Crippen LogP contribution in [0.5, 0.6) is 11.5 Å². The number of halogens is 1. The highest BCUT2D eigenvalue weighted by molar-refractivity contribution is 7.14. The van der Waals surface area contributed by atoms with E-state index in [-0.39, 0.29) is 17.5 Å². The maximum Gasteiger partial charge on any atom is 0.250 e. The van der Waals surface area contributed by atoms with Crippen LogP contribution in [0.4, 0.5) is 20.9 Å². The minimum atomic E-state index is -0.526. The number of hydrogen-bond donors (Lipinski definition) is 0. The molecule has 0 aliphatic heterocycles. The quantitative estimate of drug-likeness (QED) is 0.485. The lowest BCUT2D eigenvalue weighted by Gasteiger charge is -2.18. The number of rotatable bonds is 7. The van der Waals surface area contributed by atoms with Gasteiger partial charge in [-0.2, -0.15) is 0 Å². The third-order valence-corrected chi connectivity index (χ3v) is 5.44. The van der Waals surface area contributed by atoms with Crippen molar-refractivity contribution in [3.63, 3.8) is 0 Å². The summed E-state index contributed by atoms with van der Waals surface area (Å²) >= 11 is 1.18. The molecule has 1 aromatic heterocycles. The van der Waals surface area contributed by atoms with Crippen LogP contribution in [-0.2, 0) is 9.59 Å². The normalized spacial score (nSPS) is 10.8. The summed E-state index contributed by atoms with van der Waals surface area (Å²) in [7, 11) is 4.70. The van der Waals surface area contributed by atoms with E-state index in [0.717, 1.165) is 0 Å². The first kappa shape index (κ1) is 23.0. The highest BCUT2D eigenvalue weighted by Crippen LogP contribution is 2.32. The number of anilines is 3. The molecule has 2 aromatic carbocycles. The van der Waals surface area contributed by atoms with E-state index in [1.165, 1.54) is 60.5 Å². The number of amides is 2. The Kier molecular flexibility index (Phi) is 7.21. The molecule has 0 N–H and O–H groups in total. The summed E-state index contributed by atoms with van der Waals surface area (Å²) in [4.78, 5) is 31.8. The van der Waals surface area contributed by atoms with Gasteiger partial charge in [0.2, 0.25) is 5.91 Å². The number of ether oxygens (including phenoxy) is 2. The van der Waals surface area contributed by atoms with Crippen molar-refractivity contribution in [1.29, 1.82) is 0 Å². The summed E-state index contributed by atoms with van der Waals surface area (Å²) < 4.78 is 24.7. The van der Waals surface area contributed by atoms with Gasteiger partial charge in [0.25, 0.3) is 5.91 Å². The Balaban J connectivity index is 1.78. The molecule has 3 aromatic rings. The van der Waals surface area contributed by atoms with Gasteiger partial charge in [0.15, 0.2) is 16.6 Å². The van der Waals surface area contributed by atoms with Crippen molar-refractivity contribution in [2.24, 2.45) is 0 Å². The fraction of sp³-hybridized carbons (Fsp3) is 0.174. The Morgan fingerprint density at radius 2 is 1.81 bits per heavy atom. The van der Waals surface area contributed by atoms with E-state index in [9.17, 15) is 14.0 Å². The maximum atomic E-state index is 14.2. The van der Waals surface area contributed by atoms with Crippen LogP contribution in [0.3, 0.4) is 0 Å². The van der Waals surface area contributed by atoms with Gasteiger partial charge in [0, 0.05) is 37.2 Å². The maximum absolute atomic E-state index is 14.2. The monoisotopic (exact) mass is 455 g/mol. The number of carbonyl (C=O) groups is 2. The van der Waals surface area contributed by atoms with Gasteiger partial charge < -0.3 is 14.4 Å². The van der Waals surface area contributed by atoms with Gasteiger partial charge in [-0.25, -0.2) is 9.37 Å². The second kappa shape index (κ2) is 10.1. The zero-order chi connectivity index (χ0) is 23.3. The van der Waals surface area contributed by atoms with E-state index in [1.54, 1.807) is 48.8 Å². The number of carbonyl (C=O) groups excluding carboxylic acids is 2. The molecule has 0 aliphatic carbocycles. The Labute approximate surface area is 189 Å². The SMILES string of the molecule is COc1ccc(N(C)C(=O)/C=C/c2csc(N(C(C)=O)c3ccccc3F)n2)cc1OC. The number of methoxy groups -OCH3 is 2. The van der Waals surface area contributed by atoms with Gasteiger partial charge in [-0.1, -0.05) is 12.1 Å². The predicted octanol–water partition coefficient (Wildman–Crippen LogP) is 4.66. The molecule has 32 heavy (non-hydrogen) atoms. The summed E-state index contributed by atoms with van der Waals surface area (Å²) in [5.41, 5.74) is 1.22. The van der Waals surface area contributed by atoms with Crippen molar-refractivity contribution in [1.82, 2.24) is 4.98 Å². The van der Waals surface area contributed by atoms with Gasteiger partial charge in [0.05, 0.1) is 25.6 Å². The predicted molar refractivity (Wildman–Crippen MR) is 123 cm³/mol. The van der Waals surface area contributed by atoms with Crippen molar-refractivity contribution in [3.8, 4) is 11.5 Å². The highest BCUT2D eigenvalue weighted by atomic mass is 32.1. The number of nitrogens with zero attached hydrogens (tertiary/aromatic N) is 3. The molecule has 0 unspecified atom stereocenters. The second-order valence-corrected chi connectivity index (χ2v) is 7.47. The topological polar surface area (TPSA) is 72.0 Å². The second-order valence-electron chi connectivity index (χ2n) is 6.63. The van der Waals surface area contributed by atoms with Crippen molar-refractivity contribution in [2.45, 2.75) is 6.92 Å². The van der Waals surface area contributed by atoms with Crippen molar-refractivity contribution in [2.75, 3.05) is 31.1 Å². The molecule has 0 spiro atoms. The Bertz CT molecular complexity index is 1160. The van der Waals surface area contributed by atoms with Crippen molar-refractivity contribution < 1.29 is 23.5 Å². The van der Waals surface area contributed by atoms with Crippen LogP contribution >= 0.6 is 11.3 Å². The minimum absolute atomic E-state index is 0.120. The van der Waals surface area contributed by atoms with Crippen LogP contribution in [0.1, 0.15) is 12.6 Å². The average molecular weight is 456 g/mol. The van der Waals surface area contributed by atoms with Gasteiger partial charge in [-0.15, -0.1) is 11.3 Å². The van der Waals surface area contributed by atoms with Gasteiger partial charge >= 0.3 is 0 Å². The van der Waals surface area contributed by atoms with Gasteiger partial charge in [-0.05, 0) is 30.3 Å². The zero-order valence-corrected chi connectivity index (χ0v) is 18.9. The summed E-state index contributed by atoms with van der Waals surface area (Å²) in [6, 6.07) is 11.1. The number of aromatic nitrogens is 1. The van der Waals surface area contributed by atoms with E-state index < -0.39 is 5.82 Å². The van der Waals surface area contributed by atoms with E-state index in [4.69, 9.17) is 9.47 Å². The third-order valence-electron chi connectivity index (χ3n) is 4.59. The fourth-order valence-corrected chi connectivity index (χ4v) is 3.77. The molecule has 3 rings (SSSR count). The summed E-state index contributed by atoms with van der Waals surface area (Å²) in [5.74, 6) is -0.113. The molecule has 7 nitrogen and oxygen atoms in total. The van der Waals surface area contributed by atoms with Crippen LogP contribution in [0, 0.1) is 5.82 Å². The lowest BCUT2D eigenvalue weighted by Crippen LogP contribution is -2.24. The molecular formula is C23H22FN3O4S. The van der Waals surface area contributed by atoms with E-state index in [0.29, 0.717) is 28.0 Å². The van der Waals surface area contributed by atoms with E-state index in [2.05, 4.69) is 4.98 Å². The molecule has 0 saturated carbocycles. The Morgan fingerprint density at radius 1 is 1.09 bits per heavy atom. The lowest BCUT2D eigenvalue weighted by molar-refractivity contribution is -0.116. The molecule has 0 bridgehead atoms. The van der Waals surface area contributed by atoms with Crippen LogP contribution in [0.15, 0.2) is 53.9 Å². The summed E-state index contributed by atoms with van der Waals surface area (Å²) in [6.45, 7) is 1.34. The number of thiazole rings is 1. The van der Waals surface area contributed by atoms with Crippen LogP contribution in [-0.4, -0.2) is 38.1 Å². The molecular weight excluding hydrogens is 433 g/mol. The van der Waals surface area contributed by atoms with Crippen LogP contribution in [0.2, 0.25) is 0 Å². The van der Waals surface area contributed by atoms with Crippen molar-refractivity contribution in [3.05, 3.63) is 65.4 Å². The van der Waals surface area contributed by atoms with Crippen LogP contribution < -0.4 is 19.3 Å². The molecule has 9 heteroatoms. The Hall–Kier alpha value is -3.72. The summed E-state index contributed by atoms with van der Waals surface area (Å²) in [5, 5.41) is 2.00. The minimum Gasteiger partial charge on any atom is -0.493 e.